The normalized spacial score (nSPS) is 18.3. The summed E-state index contributed by atoms with van der Waals surface area (Å²) in [5.74, 6) is -0.513. The number of hydrogen-bond donors (Lipinski definition) is 0. The number of nitrogens with zero attached hydrogens (tertiary/aromatic N) is 5. The van der Waals surface area contributed by atoms with Crippen molar-refractivity contribution < 1.29 is 22.2 Å². The summed E-state index contributed by atoms with van der Waals surface area (Å²) in [4.78, 5) is 19.0. The molecule has 0 spiro atoms. The maximum Gasteiger partial charge on any atom is 0.357 e. The highest BCUT2D eigenvalue weighted by atomic mass is 32.2. The Morgan fingerprint density at radius 3 is 2.11 bits per heavy atom. The van der Waals surface area contributed by atoms with Gasteiger partial charge in [-0.25, -0.2) is 9.48 Å². The van der Waals surface area contributed by atoms with E-state index >= 15 is 0 Å². The van der Waals surface area contributed by atoms with Crippen molar-refractivity contribution in [2.75, 3.05) is 0 Å². The second-order valence-corrected chi connectivity index (χ2v) is 11.6. The van der Waals surface area contributed by atoms with Crippen molar-refractivity contribution >= 4 is 16.1 Å². The lowest BCUT2D eigenvalue weighted by Crippen LogP contribution is -2.62. The molecule has 4 rings (SSSR count). The van der Waals surface area contributed by atoms with Crippen molar-refractivity contribution in [1.29, 1.82) is 0 Å². The molecule has 186 valence electrons. The zero-order valence-corrected chi connectivity index (χ0v) is 21.2. The molecule has 1 aliphatic heterocycles. The number of benzene rings is 2. The minimum atomic E-state index is -3.93. The van der Waals surface area contributed by atoms with Crippen LogP contribution in [0.1, 0.15) is 56.5 Å². The van der Waals surface area contributed by atoms with E-state index in [9.17, 15) is 13.2 Å². The van der Waals surface area contributed by atoms with E-state index < -0.39 is 33.3 Å². The molecule has 2 heterocycles. The Labute approximate surface area is 204 Å². The molecule has 11 heteroatoms. The minimum Gasteiger partial charge on any atom is -0.363 e. The summed E-state index contributed by atoms with van der Waals surface area (Å²) in [6.07, 6.45) is 1.60. The highest BCUT2D eigenvalue weighted by molar-refractivity contribution is 7.86. The predicted molar refractivity (Wildman–Crippen MR) is 127 cm³/mol. The molecule has 1 aliphatic rings. The van der Waals surface area contributed by atoms with E-state index in [0.29, 0.717) is 24.1 Å². The Morgan fingerprint density at radius 2 is 1.57 bits per heavy atom. The van der Waals surface area contributed by atoms with Gasteiger partial charge in [-0.2, -0.15) is 8.42 Å². The van der Waals surface area contributed by atoms with Gasteiger partial charge in [0.2, 0.25) is 0 Å². The molecule has 0 amide bonds. The molecule has 1 saturated heterocycles. The highest BCUT2D eigenvalue weighted by Gasteiger charge is 2.49. The fraction of sp³-hybridized carbons (Fsp3) is 0.417. The van der Waals surface area contributed by atoms with Crippen LogP contribution in [0.4, 0.5) is 0 Å². The maximum atomic E-state index is 13.0. The SMILES string of the molecule is Cc1ccc(S(=O)(=O)OC2CC(C)(C)N(OC(=O)c3ccc(-n4cnnn4)cc3)C(C)(C)C2)cc1. The first kappa shape index (κ1) is 25.0. The maximum absolute atomic E-state index is 13.0. The second kappa shape index (κ2) is 9.14. The molecule has 1 aromatic heterocycles. The molecule has 1 fully saturated rings. The van der Waals surface area contributed by atoms with Crippen LogP contribution < -0.4 is 0 Å². The number of tetrazole rings is 1. The molecule has 0 atom stereocenters. The molecule has 0 radical (unpaired) electrons. The van der Waals surface area contributed by atoms with Gasteiger partial charge < -0.3 is 4.84 Å². The van der Waals surface area contributed by atoms with Crippen LogP contribution in [-0.2, 0) is 19.1 Å². The van der Waals surface area contributed by atoms with Crippen molar-refractivity contribution in [3.63, 3.8) is 0 Å². The van der Waals surface area contributed by atoms with Crippen LogP contribution in [0.2, 0.25) is 0 Å². The number of aromatic nitrogens is 4. The van der Waals surface area contributed by atoms with Crippen LogP contribution in [0.15, 0.2) is 59.8 Å². The topological polar surface area (TPSA) is 117 Å². The van der Waals surface area contributed by atoms with Crippen molar-refractivity contribution in [3.05, 3.63) is 66.0 Å². The van der Waals surface area contributed by atoms with Gasteiger partial charge in [0.05, 0.1) is 33.3 Å². The molecular weight excluding hydrogens is 470 g/mol. The number of carbonyl (C=O) groups is 1. The van der Waals surface area contributed by atoms with Gasteiger partial charge in [0, 0.05) is 0 Å². The largest absolute Gasteiger partial charge is 0.363 e. The summed E-state index contributed by atoms with van der Waals surface area (Å²) in [6, 6.07) is 13.3. The lowest BCUT2D eigenvalue weighted by molar-refractivity contribution is -0.253. The van der Waals surface area contributed by atoms with Gasteiger partial charge in [-0.1, -0.05) is 17.7 Å². The molecule has 0 unspecified atom stereocenters. The van der Waals surface area contributed by atoms with E-state index in [-0.39, 0.29) is 4.90 Å². The Hall–Kier alpha value is -3.15. The first-order valence-corrected chi connectivity index (χ1v) is 12.6. The van der Waals surface area contributed by atoms with Gasteiger partial charge in [-0.15, -0.1) is 10.2 Å². The van der Waals surface area contributed by atoms with E-state index in [2.05, 4.69) is 15.5 Å². The van der Waals surface area contributed by atoms with Crippen molar-refractivity contribution in [3.8, 4) is 5.69 Å². The first-order chi connectivity index (χ1) is 16.4. The van der Waals surface area contributed by atoms with E-state index in [1.165, 1.54) is 11.0 Å². The fourth-order valence-electron chi connectivity index (χ4n) is 4.59. The zero-order chi connectivity index (χ0) is 25.4. The van der Waals surface area contributed by atoms with Gasteiger partial charge >= 0.3 is 5.97 Å². The Balaban J connectivity index is 1.47. The van der Waals surface area contributed by atoms with Crippen molar-refractivity contribution in [2.45, 2.75) is 69.5 Å². The third-order valence-corrected chi connectivity index (χ3v) is 7.39. The molecule has 10 nitrogen and oxygen atoms in total. The third-order valence-electron chi connectivity index (χ3n) is 6.02. The number of piperidine rings is 1. The third kappa shape index (κ3) is 5.42. The van der Waals surface area contributed by atoms with Crippen molar-refractivity contribution in [1.82, 2.24) is 25.3 Å². The summed E-state index contributed by atoms with van der Waals surface area (Å²) in [7, 11) is -3.93. The Bertz CT molecular complexity index is 1270. The van der Waals surface area contributed by atoms with Crippen LogP contribution >= 0.6 is 0 Å². The average molecular weight is 500 g/mol. The van der Waals surface area contributed by atoms with E-state index in [1.54, 1.807) is 53.6 Å². The van der Waals surface area contributed by atoms with E-state index in [1.807, 2.05) is 34.6 Å². The van der Waals surface area contributed by atoms with E-state index in [0.717, 1.165) is 5.56 Å². The quantitative estimate of drug-likeness (QED) is 0.470. The van der Waals surface area contributed by atoms with Crippen LogP contribution in [0, 0.1) is 6.92 Å². The summed E-state index contributed by atoms with van der Waals surface area (Å²) in [5.41, 5.74) is 0.675. The zero-order valence-electron chi connectivity index (χ0n) is 20.4. The second-order valence-electron chi connectivity index (χ2n) is 9.99. The van der Waals surface area contributed by atoms with Crippen LogP contribution in [0.3, 0.4) is 0 Å². The average Bonchev–Trinajstić information content (AvgIpc) is 3.30. The van der Waals surface area contributed by atoms with Crippen LogP contribution in [0.5, 0.6) is 0 Å². The van der Waals surface area contributed by atoms with E-state index in [4.69, 9.17) is 9.02 Å². The molecule has 0 bridgehead atoms. The molecule has 0 saturated carbocycles. The number of aryl methyl sites for hydroxylation is 1. The smallest absolute Gasteiger partial charge is 0.357 e. The number of hydrogen-bond acceptors (Lipinski definition) is 9. The van der Waals surface area contributed by atoms with Gasteiger partial charge in [0.25, 0.3) is 10.1 Å². The molecule has 3 aromatic rings. The molecule has 0 N–H and O–H groups in total. The van der Waals surface area contributed by atoms with Crippen molar-refractivity contribution in [2.24, 2.45) is 0 Å². The lowest BCUT2D eigenvalue weighted by atomic mass is 9.80. The summed E-state index contributed by atoms with van der Waals surface area (Å²) < 4.78 is 32.8. The fourth-order valence-corrected chi connectivity index (χ4v) is 5.67. The predicted octanol–water partition coefficient (Wildman–Crippen LogP) is 3.47. The number of carbonyl (C=O) groups excluding carboxylic acids is 1. The standard InChI is InChI=1S/C24H29N5O5S/c1-17-6-12-21(13-7-17)35(31,32)34-20-14-23(2,3)29(24(4,5)15-20)33-22(30)18-8-10-19(11-9-18)28-16-25-26-27-28/h6-13,16,20H,14-15H2,1-5H3. The molecule has 2 aromatic carbocycles. The van der Waals surface area contributed by atoms with Gasteiger partial charge in [0.1, 0.15) is 6.33 Å². The highest BCUT2D eigenvalue weighted by Crippen LogP contribution is 2.41. The molecule has 0 aliphatic carbocycles. The molecule has 35 heavy (non-hydrogen) atoms. The molecular formula is C24H29N5O5S. The van der Waals surface area contributed by atoms with Gasteiger partial charge in [-0.05, 0) is 94.3 Å². The Kier molecular flexibility index (Phi) is 6.52. The number of hydroxylamine groups is 2. The van der Waals surface area contributed by atoms with Crippen LogP contribution in [-0.4, -0.2) is 56.8 Å². The minimum absolute atomic E-state index is 0.123. The lowest BCUT2D eigenvalue weighted by Gasteiger charge is -2.52. The summed E-state index contributed by atoms with van der Waals surface area (Å²) in [5, 5.41) is 12.7. The monoisotopic (exact) mass is 499 g/mol. The summed E-state index contributed by atoms with van der Waals surface area (Å²) in [6.45, 7) is 9.49. The number of rotatable bonds is 6. The van der Waals surface area contributed by atoms with Crippen LogP contribution in [0.25, 0.3) is 5.69 Å². The van der Waals surface area contributed by atoms with Gasteiger partial charge in [0.15, 0.2) is 0 Å². The summed E-state index contributed by atoms with van der Waals surface area (Å²) >= 11 is 0. The van der Waals surface area contributed by atoms with Gasteiger partial charge in [-0.3, -0.25) is 4.18 Å². The first-order valence-electron chi connectivity index (χ1n) is 11.2. The Morgan fingerprint density at radius 1 is 0.971 bits per heavy atom.